The summed E-state index contributed by atoms with van der Waals surface area (Å²) in [6.07, 6.45) is 0.704. The molecular formula is C13H15F2NO4S. The molecule has 0 amide bonds. The van der Waals surface area contributed by atoms with Crippen LogP contribution in [0.15, 0.2) is 23.1 Å². The van der Waals surface area contributed by atoms with Gasteiger partial charge in [0.05, 0.1) is 4.90 Å². The number of carboxylic acid groups (broad SMARTS) is 1. The maximum atomic E-state index is 13.3. The topological polar surface area (TPSA) is 74.7 Å². The maximum Gasteiger partial charge on any atom is 0.325 e. The summed E-state index contributed by atoms with van der Waals surface area (Å²) in [4.78, 5) is 11.1. The molecule has 5 nitrogen and oxygen atoms in total. The Kier molecular flexibility index (Phi) is 4.03. The molecule has 1 aliphatic rings. The van der Waals surface area contributed by atoms with Crippen molar-refractivity contribution in [1.82, 2.24) is 4.31 Å². The molecule has 116 valence electrons. The van der Waals surface area contributed by atoms with Crippen LogP contribution in [-0.4, -0.2) is 35.9 Å². The van der Waals surface area contributed by atoms with Crippen LogP contribution in [0.4, 0.5) is 8.78 Å². The van der Waals surface area contributed by atoms with Crippen molar-refractivity contribution in [3.8, 4) is 0 Å². The number of carbonyl (C=O) groups is 1. The molecule has 1 aliphatic heterocycles. The largest absolute Gasteiger partial charge is 0.480 e. The zero-order chi connectivity index (χ0) is 15.8. The molecule has 1 unspecified atom stereocenters. The number of benzene rings is 1. The van der Waals surface area contributed by atoms with E-state index in [9.17, 15) is 27.1 Å². The van der Waals surface area contributed by atoms with Crippen molar-refractivity contribution < 1.29 is 27.1 Å². The summed E-state index contributed by atoms with van der Waals surface area (Å²) in [7, 11) is -4.20. The second-order valence-electron chi connectivity index (χ2n) is 4.95. The molecule has 0 spiro atoms. The minimum atomic E-state index is -4.20. The molecule has 21 heavy (non-hydrogen) atoms. The fourth-order valence-corrected chi connectivity index (χ4v) is 4.56. The summed E-state index contributed by atoms with van der Waals surface area (Å²) in [5.41, 5.74) is -1.52. The van der Waals surface area contributed by atoms with Crippen LogP contribution in [0.5, 0.6) is 0 Å². The standard InChI is InChI=1S/C13H15F2NO4S/c1-2-13(12(17)18)6-3-7-16(13)21(19,20)9-4-5-10(14)11(15)8-9/h4-5,8H,2-3,6-7H2,1H3,(H,17,18). The van der Waals surface area contributed by atoms with Crippen LogP contribution in [-0.2, 0) is 14.8 Å². The monoisotopic (exact) mass is 319 g/mol. The molecule has 1 aromatic carbocycles. The van der Waals surface area contributed by atoms with E-state index in [-0.39, 0.29) is 19.4 Å². The number of carboxylic acids is 1. The Morgan fingerprint density at radius 1 is 1.38 bits per heavy atom. The van der Waals surface area contributed by atoms with Crippen LogP contribution >= 0.6 is 0 Å². The second kappa shape index (κ2) is 5.34. The lowest BCUT2D eigenvalue weighted by Crippen LogP contribution is -2.52. The van der Waals surface area contributed by atoms with E-state index in [1.54, 1.807) is 6.92 Å². The van der Waals surface area contributed by atoms with Gasteiger partial charge in [0.15, 0.2) is 11.6 Å². The fraction of sp³-hybridized carbons (Fsp3) is 0.462. The van der Waals surface area contributed by atoms with Crippen molar-refractivity contribution in [1.29, 1.82) is 0 Å². The predicted molar refractivity (Wildman–Crippen MR) is 70.1 cm³/mol. The van der Waals surface area contributed by atoms with Crippen molar-refractivity contribution in [3.63, 3.8) is 0 Å². The van der Waals surface area contributed by atoms with Gasteiger partial charge >= 0.3 is 5.97 Å². The number of nitrogens with zero attached hydrogens (tertiary/aromatic N) is 1. The van der Waals surface area contributed by atoms with E-state index in [0.717, 1.165) is 10.4 Å². The zero-order valence-corrected chi connectivity index (χ0v) is 12.2. The summed E-state index contributed by atoms with van der Waals surface area (Å²) >= 11 is 0. The summed E-state index contributed by atoms with van der Waals surface area (Å²) in [5.74, 6) is -3.67. The van der Waals surface area contributed by atoms with Crippen LogP contribution in [0, 0.1) is 11.6 Å². The first-order valence-electron chi connectivity index (χ1n) is 6.47. The lowest BCUT2D eigenvalue weighted by atomic mass is 9.95. The fourth-order valence-electron chi connectivity index (χ4n) is 2.69. The third-order valence-corrected chi connectivity index (χ3v) is 5.85. The Hall–Kier alpha value is -1.54. The summed E-state index contributed by atoms with van der Waals surface area (Å²) in [6, 6.07) is 2.23. The highest BCUT2D eigenvalue weighted by atomic mass is 32.2. The Morgan fingerprint density at radius 2 is 2.05 bits per heavy atom. The van der Waals surface area contributed by atoms with Gasteiger partial charge in [-0.25, -0.2) is 17.2 Å². The molecule has 1 heterocycles. The maximum absolute atomic E-state index is 13.3. The van der Waals surface area contributed by atoms with Gasteiger partial charge in [0.2, 0.25) is 10.0 Å². The van der Waals surface area contributed by atoms with Crippen LogP contribution < -0.4 is 0 Å². The molecule has 1 fully saturated rings. The van der Waals surface area contributed by atoms with Crippen molar-refractivity contribution in [2.24, 2.45) is 0 Å². The van der Waals surface area contributed by atoms with Gasteiger partial charge in [-0.2, -0.15) is 4.31 Å². The molecule has 1 atom stereocenters. The van der Waals surface area contributed by atoms with E-state index in [2.05, 4.69) is 0 Å². The lowest BCUT2D eigenvalue weighted by molar-refractivity contribution is -0.147. The highest BCUT2D eigenvalue weighted by Crippen LogP contribution is 2.37. The van der Waals surface area contributed by atoms with E-state index in [0.29, 0.717) is 18.6 Å². The van der Waals surface area contributed by atoms with Gasteiger partial charge in [0.25, 0.3) is 0 Å². The molecule has 0 saturated carbocycles. The Morgan fingerprint density at radius 3 is 2.57 bits per heavy atom. The molecule has 8 heteroatoms. The number of rotatable bonds is 4. The zero-order valence-electron chi connectivity index (χ0n) is 11.3. The Balaban J connectivity index is 2.52. The van der Waals surface area contributed by atoms with Gasteiger partial charge in [-0.3, -0.25) is 4.79 Å². The van der Waals surface area contributed by atoms with Crippen LogP contribution in [0.25, 0.3) is 0 Å². The first kappa shape index (κ1) is 15.8. The van der Waals surface area contributed by atoms with Crippen molar-refractivity contribution >= 4 is 16.0 Å². The molecule has 1 aromatic rings. The van der Waals surface area contributed by atoms with E-state index in [1.807, 2.05) is 0 Å². The molecule has 1 saturated heterocycles. The molecule has 0 aromatic heterocycles. The van der Waals surface area contributed by atoms with Gasteiger partial charge in [0.1, 0.15) is 5.54 Å². The normalized spacial score (nSPS) is 23.4. The number of hydrogen-bond acceptors (Lipinski definition) is 3. The highest BCUT2D eigenvalue weighted by molar-refractivity contribution is 7.89. The van der Waals surface area contributed by atoms with E-state index < -0.39 is 38.1 Å². The predicted octanol–water partition coefficient (Wildman–Crippen LogP) is 1.98. The van der Waals surface area contributed by atoms with Gasteiger partial charge in [0, 0.05) is 6.54 Å². The van der Waals surface area contributed by atoms with E-state index >= 15 is 0 Å². The smallest absolute Gasteiger partial charge is 0.325 e. The van der Waals surface area contributed by atoms with Crippen LogP contribution in [0.2, 0.25) is 0 Å². The molecule has 0 bridgehead atoms. The quantitative estimate of drug-likeness (QED) is 0.921. The molecule has 2 rings (SSSR count). The average molecular weight is 319 g/mol. The first-order chi connectivity index (χ1) is 9.75. The summed E-state index contributed by atoms with van der Waals surface area (Å²) in [6.45, 7) is 1.63. The molecule has 0 radical (unpaired) electrons. The second-order valence-corrected chi connectivity index (χ2v) is 6.81. The first-order valence-corrected chi connectivity index (χ1v) is 7.91. The Bertz CT molecular complexity index is 677. The Labute approximate surface area is 121 Å². The molecule has 0 aliphatic carbocycles. The third kappa shape index (κ3) is 2.42. The minimum Gasteiger partial charge on any atom is -0.480 e. The van der Waals surface area contributed by atoms with Gasteiger partial charge < -0.3 is 5.11 Å². The van der Waals surface area contributed by atoms with Gasteiger partial charge in [-0.1, -0.05) is 6.92 Å². The number of halogens is 2. The third-order valence-electron chi connectivity index (χ3n) is 3.89. The van der Waals surface area contributed by atoms with Crippen LogP contribution in [0.1, 0.15) is 26.2 Å². The molecular weight excluding hydrogens is 304 g/mol. The SMILES string of the molecule is CCC1(C(=O)O)CCCN1S(=O)(=O)c1ccc(F)c(F)c1. The molecule has 1 N–H and O–H groups in total. The average Bonchev–Trinajstić information content (AvgIpc) is 2.87. The van der Waals surface area contributed by atoms with Gasteiger partial charge in [-0.05, 0) is 37.5 Å². The van der Waals surface area contributed by atoms with Crippen molar-refractivity contribution in [2.75, 3.05) is 6.54 Å². The van der Waals surface area contributed by atoms with Crippen LogP contribution in [0.3, 0.4) is 0 Å². The summed E-state index contributed by atoms with van der Waals surface area (Å²) in [5, 5.41) is 9.40. The minimum absolute atomic E-state index is 0.0431. The van der Waals surface area contributed by atoms with Crippen molar-refractivity contribution in [3.05, 3.63) is 29.8 Å². The highest BCUT2D eigenvalue weighted by Gasteiger charge is 2.52. The number of aliphatic carboxylic acids is 1. The summed E-state index contributed by atoms with van der Waals surface area (Å²) < 4.78 is 52.2. The number of sulfonamides is 1. The number of hydrogen-bond donors (Lipinski definition) is 1. The van der Waals surface area contributed by atoms with Gasteiger partial charge in [-0.15, -0.1) is 0 Å². The van der Waals surface area contributed by atoms with E-state index in [1.165, 1.54) is 0 Å². The van der Waals surface area contributed by atoms with E-state index in [4.69, 9.17) is 0 Å². The lowest BCUT2D eigenvalue weighted by Gasteiger charge is -2.32. The van der Waals surface area contributed by atoms with Crippen molar-refractivity contribution in [2.45, 2.75) is 36.6 Å².